The van der Waals surface area contributed by atoms with Gasteiger partial charge in [-0.1, -0.05) is 41.4 Å². The highest BCUT2D eigenvalue weighted by atomic mass is 35.5. The molecule has 4 atom stereocenters. The van der Waals surface area contributed by atoms with Crippen LogP contribution in [0.3, 0.4) is 0 Å². The number of hydrogen-bond acceptors (Lipinski definition) is 8. The number of rotatable bonds is 8. The third-order valence-electron chi connectivity index (χ3n) is 11.0. The lowest BCUT2D eigenvalue weighted by Crippen LogP contribution is -2.63. The number of aromatic carboxylic acids is 1. The minimum Gasteiger partial charge on any atom is -0.478 e. The minimum atomic E-state index is -1.19. The Morgan fingerprint density at radius 1 is 0.960 bits per heavy atom. The Morgan fingerprint density at radius 3 is 2.36 bits per heavy atom. The summed E-state index contributed by atoms with van der Waals surface area (Å²) in [5.41, 5.74) is 2.92. The van der Waals surface area contributed by atoms with Crippen molar-refractivity contribution < 1.29 is 33.3 Å². The molecule has 50 heavy (non-hydrogen) atoms. The fourth-order valence-corrected chi connectivity index (χ4v) is 9.23. The van der Waals surface area contributed by atoms with Gasteiger partial charge in [0.2, 0.25) is 0 Å². The lowest BCUT2D eigenvalue weighted by Gasteiger charge is -2.52. The Hall–Kier alpha value is -3.61. The Balaban J connectivity index is 1.04. The van der Waals surface area contributed by atoms with Crippen LogP contribution in [-0.4, -0.2) is 104 Å². The van der Waals surface area contributed by atoms with Gasteiger partial charge in [0.25, 0.3) is 5.91 Å². The molecule has 0 saturated carbocycles. The topological polar surface area (TPSA) is 95.0 Å². The van der Waals surface area contributed by atoms with Crippen molar-refractivity contribution in [2.24, 2.45) is 0 Å². The van der Waals surface area contributed by atoms with Crippen molar-refractivity contribution in [3.05, 3.63) is 75.0 Å². The molecule has 3 aromatic carbocycles. The summed E-state index contributed by atoms with van der Waals surface area (Å²) >= 11 is 13.6. The zero-order valence-electron chi connectivity index (χ0n) is 27.7. The maximum absolute atomic E-state index is 15.8. The van der Waals surface area contributed by atoms with E-state index in [0.29, 0.717) is 54.5 Å². The van der Waals surface area contributed by atoms with Crippen LogP contribution < -0.4 is 14.5 Å². The number of piperidine rings is 2. The SMILES string of the molecule is COCCN1CC2CC[C@@H]1CN2c1cc(Cl)c(C(=O)N2COc3c(cccc3-c3cc(N4C5CCC4COC5)c(C(=O)O)cc3F)C2)c(Cl)c1. The number of carbonyl (C=O) groups excluding carboxylic acids is 1. The summed E-state index contributed by atoms with van der Waals surface area (Å²) in [6, 6.07) is 12.6. The van der Waals surface area contributed by atoms with Gasteiger partial charge in [0.1, 0.15) is 11.6 Å². The van der Waals surface area contributed by atoms with Crippen molar-refractivity contribution in [2.75, 3.05) is 63.1 Å². The lowest BCUT2D eigenvalue weighted by molar-refractivity contribution is 0.0516. The number of carboxylic acids is 1. The van der Waals surface area contributed by atoms with Gasteiger partial charge in [-0.05, 0) is 49.9 Å². The Morgan fingerprint density at radius 2 is 1.68 bits per heavy atom. The number of anilines is 2. The molecule has 6 aliphatic heterocycles. The second-order valence-corrected chi connectivity index (χ2v) is 14.7. The molecule has 3 unspecified atom stereocenters. The number of methoxy groups -OCH3 is 1. The van der Waals surface area contributed by atoms with Gasteiger partial charge in [0.05, 0.1) is 65.3 Å². The van der Waals surface area contributed by atoms with Gasteiger partial charge in [-0.25, -0.2) is 9.18 Å². The molecule has 4 bridgehead atoms. The number of nitrogens with zero attached hydrogens (tertiary/aromatic N) is 4. The summed E-state index contributed by atoms with van der Waals surface area (Å²) in [6.07, 6.45) is 3.99. The van der Waals surface area contributed by atoms with Gasteiger partial charge >= 0.3 is 5.97 Å². The van der Waals surface area contributed by atoms with Crippen LogP contribution in [0.2, 0.25) is 10.0 Å². The van der Waals surface area contributed by atoms with Gasteiger partial charge in [-0.15, -0.1) is 0 Å². The van der Waals surface area contributed by atoms with Gasteiger partial charge < -0.3 is 34.0 Å². The molecule has 5 saturated heterocycles. The number of piperazine rings is 1. The predicted octanol–water partition coefficient (Wildman–Crippen LogP) is 6.16. The zero-order chi connectivity index (χ0) is 34.7. The third kappa shape index (κ3) is 5.86. The van der Waals surface area contributed by atoms with Crippen molar-refractivity contribution in [1.29, 1.82) is 0 Å². The molecule has 1 N–H and O–H groups in total. The molecule has 0 spiro atoms. The maximum atomic E-state index is 15.8. The number of hydrogen-bond donors (Lipinski definition) is 1. The molecule has 0 radical (unpaired) electrons. The van der Waals surface area contributed by atoms with E-state index in [9.17, 15) is 14.7 Å². The van der Waals surface area contributed by atoms with Crippen molar-refractivity contribution in [2.45, 2.75) is 56.4 Å². The van der Waals surface area contributed by atoms with Gasteiger partial charge in [0, 0.05) is 61.2 Å². The van der Waals surface area contributed by atoms with E-state index in [1.807, 2.05) is 18.2 Å². The number of fused-ring (bicyclic) bond motifs is 6. The van der Waals surface area contributed by atoms with Crippen molar-refractivity contribution in [1.82, 2.24) is 9.80 Å². The largest absolute Gasteiger partial charge is 0.478 e. The molecule has 3 aromatic rings. The quantitative estimate of drug-likeness (QED) is 0.293. The first-order valence-corrected chi connectivity index (χ1v) is 17.9. The van der Waals surface area contributed by atoms with E-state index in [4.69, 9.17) is 37.4 Å². The molecule has 0 aromatic heterocycles. The number of carbonyl (C=O) groups is 2. The molecule has 264 valence electrons. The van der Waals surface area contributed by atoms with E-state index >= 15 is 4.39 Å². The predicted molar refractivity (Wildman–Crippen MR) is 188 cm³/mol. The van der Waals surface area contributed by atoms with Crippen LogP contribution in [-0.2, 0) is 16.0 Å². The van der Waals surface area contributed by atoms with E-state index in [-0.39, 0.29) is 58.0 Å². The average Bonchev–Trinajstić information content (AvgIpc) is 3.36. The minimum absolute atomic E-state index is 0.0322. The van der Waals surface area contributed by atoms with Crippen LogP contribution in [0.25, 0.3) is 11.1 Å². The first-order chi connectivity index (χ1) is 24.2. The first kappa shape index (κ1) is 33.5. The number of benzene rings is 3. The van der Waals surface area contributed by atoms with Crippen LogP contribution in [0.1, 0.15) is 52.0 Å². The standard InChI is InChI=1S/C37H39Cl2FN4O6/c1-48-10-9-41-16-23-6-5-22(41)17-43(23)26-11-30(38)34(31(39)12-26)36(45)42-15-21-3-2-4-27(35(21)50-20-42)28-14-33(29(37(46)47)13-32(28)40)44-24-7-8-25(44)19-49-18-24/h2-4,11-14,22-25H,5-10,15-20H2,1H3,(H,46,47)/t22-,23?,24?,25?/m1/s1. The van der Waals surface area contributed by atoms with Gasteiger partial charge in [-0.2, -0.15) is 0 Å². The number of carboxylic acid groups (broad SMARTS) is 1. The van der Waals surface area contributed by atoms with E-state index in [1.54, 1.807) is 25.3 Å². The Labute approximate surface area is 300 Å². The summed E-state index contributed by atoms with van der Waals surface area (Å²) in [4.78, 5) is 34.6. The fraction of sp³-hybridized carbons (Fsp3) is 0.459. The normalized spacial score (nSPS) is 24.4. The summed E-state index contributed by atoms with van der Waals surface area (Å²) in [5, 5.41) is 10.6. The van der Waals surface area contributed by atoms with Crippen LogP contribution in [0.4, 0.5) is 15.8 Å². The molecule has 5 fully saturated rings. The summed E-state index contributed by atoms with van der Waals surface area (Å²) in [5.74, 6) is -1.77. The molecule has 1 amide bonds. The van der Waals surface area contributed by atoms with Gasteiger partial charge in [0.15, 0.2) is 6.73 Å². The monoisotopic (exact) mass is 724 g/mol. The van der Waals surface area contributed by atoms with Crippen molar-refractivity contribution in [3.8, 4) is 16.9 Å². The highest BCUT2D eigenvalue weighted by molar-refractivity contribution is 6.40. The molecule has 0 aliphatic carbocycles. The number of morpholine rings is 1. The number of halogens is 3. The lowest BCUT2D eigenvalue weighted by atomic mass is 9.90. The van der Waals surface area contributed by atoms with E-state index in [2.05, 4.69) is 14.7 Å². The van der Waals surface area contributed by atoms with Crippen LogP contribution in [0.5, 0.6) is 5.75 Å². The highest BCUT2D eigenvalue weighted by Crippen LogP contribution is 2.44. The highest BCUT2D eigenvalue weighted by Gasteiger charge is 2.41. The van der Waals surface area contributed by atoms with Crippen molar-refractivity contribution >= 4 is 46.5 Å². The smallest absolute Gasteiger partial charge is 0.337 e. The fourth-order valence-electron chi connectivity index (χ4n) is 8.59. The molecule has 6 heterocycles. The van der Waals surface area contributed by atoms with Crippen LogP contribution in [0.15, 0.2) is 42.5 Å². The van der Waals surface area contributed by atoms with E-state index < -0.39 is 11.8 Å². The first-order valence-electron chi connectivity index (χ1n) is 17.2. The summed E-state index contributed by atoms with van der Waals surface area (Å²) in [7, 11) is 1.73. The molecule has 9 rings (SSSR count). The van der Waals surface area contributed by atoms with Crippen LogP contribution in [0, 0.1) is 5.82 Å². The molecule has 10 nitrogen and oxygen atoms in total. The summed E-state index contributed by atoms with van der Waals surface area (Å²) < 4.78 is 33.0. The second-order valence-electron chi connectivity index (χ2n) is 13.9. The average molecular weight is 726 g/mol. The zero-order valence-corrected chi connectivity index (χ0v) is 29.3. The van der Waals surface area contributed by atoms with Crippen molar-refractivity contribution in [3.63, 3.8) is 0 Å². The summed E-state index contributed by atoms with van der Waals surface area (Å²) in [6.45, 7) is 4.52. The number of amides is 1. The van der Waals surface area contributed by atoms with E-state index in [0.717, 1.165) is 57.1 Å². The maximum Gasteiger partial charge on any atom is 0.337 e. The molecular formula is C37H39Cl2FN4O6. The molecular weight excluding hydrogens is 686 g/mol. The van der Waals surface area contributed by atoms with E-state index in [1.165, 1.54) is 4.90 Å². The Kier molecular flexibility index (Phi) is 9.05. The number of ether oxygens (including phenoxy) is 3. The number of para-hydroxylation sites is 1. The molecule has 13 heteroatoms. The van der Waals surface area contributed by atoms with Crippen LogP contribution >= 0.6 is 23.2 Å². The third-order valence-corrected chi connectivity index (χ3v) is 11.6. The second kappa shape index (κ2) is 13.5. The Bertz CT molecular complexity index is 1810. The van der Waals surface area contributed by atoms with Gasteiger partial charge in [-0.3, -0.25) is 9.69 Å². The molecule has 6 aliphatic rings.